The Kier molecular flexibility index (Phi) is 6.61. The highest BCUT2D eigenvalue weighted by Crippen LogP contribution is 2.21. The van der Waals surface area contributed by atoms with E-state index >= 15 is 0 Å². The molecule has 0 aliphatic carbocycles. The Labute approximate surface area is 160 Å². The molecular formula is C19H21F3N4O2. The predicted molar refractivity (Wildman–Crippen MR) is 99.1 cm³/mol. The largest absolute Gasteiger partial charge is 0.482 e. The smallest absolute Gasteiger partial charge is 0.422 e. The highest BCUT2D eigenvalue weighted by Gasteiger charge is 2.28. The fourth-order valence-electron chi connectivity index (χ4n) is 2.34. The summed E-state index contributed by atoms with van der Waals surface area (Å²) in [6.07, 6.45) is -2.83. The van der Waals surface area contributed by atoms with E-state index in [0.29, 0.717) is 5.82 Å². The molecule has 2 heterocycles. The van der Waals surface area contributed by atoms with Crippen molar-refractivity contribution < 1.29 is 22.7 Å². The lowest BCUT2D eigenvalue weighted by Gasteiger charge is -2.16. The van der Waals surface area contributed by atoms with E-state index in [1.54, 1.807) is 32.2 Å². The molecule has 0 saturated carbocycles. The average Bonchev–Trinajstić information content (AvgIpc) is 2.59. The van der Waals surface area contributed by atoms with Crippen LogP contribution in [-0.4, -0.2) is 28.7 Å². The Morgan fingerprint density at radius 1 is 1.32 bits per heavy atom. The van der Waals surface area contributed by atoms with Crippen LogP contribution in [0.1, 0.15) is 41.6 Å². The van der Waals surface area contributed by atoms with Gasteiger partial charge in [0.1, 0.15) is 17.3 Å². The van der Waals surface area contributed by atoms with Crippen molar-refractivity contribution >= 4 is 11.7 Å². The summed E-state index contributed by atoms with van der Waals surface area (Å²) in [5.74, 6) is 0.127. The van der Waals surface area contributed by atoms with Gasteiger partial charge in [-0.1, -0.05) is 6.58 Å². The van der Waals surface area contributed by atoms with E-state index < -0.39 is 18.7 Å². The standard InChI is InChI=1S/C19H21F3N4O2/c1-11(2)24-17-9-14(7-8-23-17)12(3)26-18(27)15-5-6-16(13(4)25-15)28-10-19(20,21)22/h5-9,12H,1,10H2,2-4H3,(H,23,24)(H,26,27). The number of halogens is 3. The summed E-state index contributed by atoms with van der Waals surface area (Å²) in [5, 5.41) is 5.79. The minimum absolute atomic E-state index is 0.0217. The fraction of sp³-hybridized carbons (Fsp3) is 0.316. The monoisotopic (exact) mass is 394 g/mol. The van der Waals surface area contributed by atoms with Gasteiger partial charge in [0.25, 0.3) is 5.91 Å². The molecule has 0 radical (unpaired) electrons. The zero-order valence-corrected chi connectivity index (χ0v) is 15.7. The van der Waals surface area contributed by atoms with E-state index in [1.807, 2.05) is 0 Å². The maximum Gasteiger partial charge on any atom is 0.422 e. The first-order valence-corrected chi connectivity index (χ1v) is 8.41. The number of carbonyl (C=O) groups is 1. The Bertz CT molecular complexity index is 868. The SMILES string of the molecule is C=C(C)Nc1cc(C(C)NC(=O)c2ccc(OCC(F)(F)F)c(C)n2)ccn1. The first-order valence-electron chi connectivity index (χ1n) is 8.41. The molecule has 28 heavy (non-hydrogen) atoms. The molecule has 0 spiro atoms. The quantitative estimate of drug-likeness (QED) is 0.737. The normalized spacial score (nSPS) is 12.2. The van der Waals surface area contributed by atoms with Crippen molar-refractivity contribution in [3.63, 3.8) is 0 Å². The van der Waals surface area contributed by atoms with E-state index in [-0.39, 0.29) is 23.2 Å². The topological polar surface area (TPSA) is 76.1 Å². The lowest BCUT2D eigenvalue weighted by atomic mass is 10.1. The number of allylic oxidation sites excluding steroid dienone is 1. The van der Waals surface area contributed by atoms with E-state index in [2.05, 4.69) is 27.2 Å². The minimum Gasteiger partial charge on any atom is -0.482 e. The summed E-state index contributed by atoms with van der Waals surface area (Å²) >= 11 is 0. The van der Waals surface area contributed by atoms with E-state index in [0.717, 1.165) is 11.3 Å². The predicted octanol–water partition coefficient (Wildman–Crippen LogP) is 4.16. The lowest BCUT2D eigenvalue weighted by molar-refractivity contribution is -0.153. The fourth-order valence-corrected chi connectivity index (χ4v) is 2.34. The molecule has 2 rings (SSSR count). The van der Waals surface area contributed by atoms with Crippen LogP contribution < -0.4 is 15.4 Å². The molecule has 150 valence electrons. The van der Waals surface area contributed by atoms with Gasteiger partial charge < -0.3 is 15.4 Å². The van der Waals surface area contributed by atoms with Gasteiger partial charge in [-0.15, -0.1) is 0 Å². The number of hydrogen-bond donors (Lipinski definition) is 2. The van der Waals surface area contributed by atoms with Crippen LogP contribution >= 0.6 is 0 Å². The molecule has 0 aromatic carbocycles. The number of aromatic nitrogens is 2. The molecule has 2 aromatic rings. The van der Waals surface area contributed by atoms with Crippen molar-refractivity contribution in [3.05, 3.63) is 59.7 Å². The summed E-state index contributed by atoms with van der Waals surface area (Å²) in [7, 11) is 0. The van der Waals surface area contributed by atoms with Crippen LogP contribution in [0.25, 0.3) is 0 Å². The molecule has 2 N–H and O–H groups in total. The summed E-state index contributed by atoms with van der Waals surface area (Å²) in [4.78, 5) is 20.6. The van der Waals surface area contributed by atoms with Gasteiger partial charge in [0.05, 0.1) is 11.7 Å². The average molecular weight is 394 g/mol. The molecular weight excluding hydrogens is 373 g/mol. The summed E-state index contributed by atoms with van der Waals surface area (Å²) < 4.78 is 41.5. The van der Waals surface area contributed by atoms with Crippen molar-refractivity contribution in [3.8, 4) is 5.75 Å². The van der Waals surface area contributed by atoms with E-state index in [4.69, 9.17) is 4.74 Å². The second kappa shape index (κ2) is 8.73. The third kappa shape index (κ3) is 6.26. The molecule has 0 aliphatic rings. The van der Waals surface area contributed by atoms with Crippen LogP contribution in [0.2, 0.25) is 0 Å². The molecule has 9 heteroatoms. The molecule has 2 aromatic heterocycles. The van der Waals surface area contributed by atoms with E-state index in [1.165, 1.54) is 19.1 Å². The maximum absolute atomic E-state index is 12.4. The van der Waals surface area contributed by atoms with Crippen molar-refractivity contribution in [2.45, 2.75) is 33.0 Å². The molecule has 0 saturated heterocycles. The number of carbonyl (C=O) groups excluding carboxylic acids is 1. The second-order valence-electron chi connectivity index (χ2n) is 6.26. The van der Waals surface area contributed by atoms with Crippen molar-refractivity contribution in [2.75, 3.05) is 11.9 Å². The number of pyridine rings is 2. The lowest BCUT2D eigenvalue weighted by Crippen LogP contribution is -2.27. The number of anilines is 1. The molecule has 0 bridgehead atoms. The third-order valence-electron chi connectivity index (χ3n) is 3.63. The molecule has 0 aliphatic heterocycles. The molecule has 1 amide bonds. The zero-order valence-electron chi connectivity index (χ0n) is 15.7. The summed E-state index contributed by atoms with van der Waals surface area (Å²) in [5.41, 5.74) is 1.82. The van der Waals surface area contributed by atoms with Gasteiger partial charge >= 0.3 is 6.18 Å². The number of aryl methyl sites for hydroxylation is 1. The highest BCUT2D eigenvalue weighted by molar-refractivity contribution is 5.92. The van der Waals surface area contributed by atoms with Crippen LogP contribution in [0.15, 0.2) is 42.7 Å². The number of nitrogens with zero attached hydrogens (tertiary/aromatic N) is 2. The van der Waals surface area contributed by atoms with Crippen LogP contribution in [0.3, 0.4) is 0 Å². The third-order valence-corrected chi connectivity index (χ3v) is 3.63. The number of rotatable bonds is 7. The molecule has 6 nitrogen and oxygen atoms in total. The number of hydrogen-bond acceptors (Lipinski definition) is 5. The molecule has 1 unspecified atom stereocenters. The minimum atomic E-state index is -4.44. The van der Waals surface area contributed by atoms with Crippen molar-refractivity contribution in [2.24, 2.45) is 0 Å². The molecule has 1 atom stereocenters. The van der Waals surface area contributed by atoms with Crippen molar-refractivity contribution in [1.82, 2.24) is 15.3 Å². The van der Waals surface area contributed by atoms with Crippen LogP contribution in [0.5, 0.6) is 5.75 Å². The maximum atomic E-state index is 12.4. The Balaban J connectivity index is 2.06. The van der Waals surface area contributed by atoms with Gasteiger partial charge in [0.2, 0.25) is 0 Å². The first-order chi connectivity index (χ1) is 13.0. The number of ether oxygens (including phenoxy) is 1. The van der Waals surface area contributed by atoms with Gasteiger partial charge in [0, 0.05) is 11.9 Å². The van der Waals surface area contributed by atoms with Gasteiger partial charge in [-0.2, -0.15) is 13.2 Å². The van der Waals surface area contributed by atoms with Gasteiger partial charge in [-0.3, -0.25) is 4.79 Å². The number of alkyl halides is 3. The van der Waals surface area contributed by atoms with Crippen LogP contribution in [0, 0.1) is 6.92 Å². The summed E-state index contributed by atoms with van der Waals surface area (Å²) in [6, 6.07) is 5.83. The van der Waals surface area contributed by atoms with Crippen molar-refractivity contribution in [1.29, 1.82) is 0 Å². The second-order valence-corrected chi connectivity index (χ2v) is 6.26. The Morgan fingerprint density at radius 3 is 2.64 bits per heavy atom. The van der Waals surface area contributed by atoms with Gasteiger partial charge in [-0.25, -0.2) is 9.97 Å². The van der Waals surface area contributed by atoms with Gasteiger partial charge in [-0.05, 0) is 50.6 Å². The van der Waals surface area contributed by atoms with Crippen LogP contribution in [0.4, 0.5) is 19.0 Å². The Morgan fingerprint density at radius 2 is 2.04 bits per heavy atom. The molecule has 0 fully saturated rings. The zero-order chi connectivity index (χ0) is 20.9. The summed E-state index contributed by atoms with van der Waals surface area (Å²) in [6.45, 7) is 7.41. The first kappa shape index (κ1) is 21.2. The highest BCUT2D eigenvalue weighted by atomic mass is 19.4. The number of amides is 1. The Hall–Kier alpha value is -3.10. The number of nitrogens with one attached hydrogen (secondary N) is 2. The van der Waals surface area contributed by atoms with Crippen LogP contribution in [-0.2, 0) is 0 Å². The van der Waals surface area contributed by atoms with E-state index in [9.17, 15) is 18.0 Å². The van der Waals surface area contributed by atoms with Gasteiger partial charge in [0.15, 0.2) is 6.61 Å².